The molecule has 1 unspecified atom stereocenters. The molecular formula is C12H16O3. The molecule has 0 aliphatic rings. The maximum Gasteiger partial charge on any atom is 0.312 e. The Kier molecular flexibility index (Phi) is 4.31. The van der Waals surface area contributed by atoms with Crippen molar-refractivity contribution in [3.05, 3.63) is 35.4 Å². The van der Waals surface area contributed by atoms with Gasteiger partial charge in [-0.05, 0) is 18.1 Å². The summed E-state index contributed by atoms with van der Waals surface area (Å²) in [5.41, 5.74) is 2.06. The number of benzene rings is 1. The van der Waals surface area contributed by atoms with Crippen molar-refractivity contribution in [2.45, 2.75) is 19.4 Å². The van der Waals surface area contributed by atoms with E-state index in [1.165, 1.54) is 7.11 Å². The molecule has 0 aliphatic carbocycles. The molecule has 0 fully saturated rings. The van der Waals surface area contributed by atoms with Crippen molar-refractivity contribution in [2.75, 3.05) is 14.2 Å². The highest BCUT2D eigenvalue weighted by Gasteiger charge is 2.14. The largest absolute Gasteiger partial charge is 0.469 e. The second-order valence-corrected chi connectivity index (χ2v) is 3.42. The summed E-state index contributed by atoms with van der Waals surface area (Å²) in [6.07, 6.45) is 0. The van der Waals surface area contributed by atoms with Gasteiger partial charge in [0.2, 0.25) is 0 Å². The number of carbonyl (C=O) groups is 1. The SMILES string of the molecule is COCc1ccc(C(C)C(=O)OC)cc1. The Morgan fingerprint density at radius 1 is 1.27 bits per heavy atom. The summed E-state index contributed by atoms with van der Waals surface area (Å²) >= 11 is 0. The maximum absolute atomic E-state index is 11.3. The number of esters is 1. The third-order valence-corrected chi connectivity index (χ3v) is 2.35. The van der Waals surface area contributed by atoms with Crippen LogP contribution in [-0.4, -0.2) is 20.2 Å². The number of methoxy groups -OCH3 is 2. The number of carbonyl (C=O) groups excluding carboxylic acids is 1. The van der Waals surface area contributed by atoms with E-state index in [1.54, 1.807) is 7.11 Å². The fourth-order valence-electron chi connectivity index (χ4n) is 1.38. The topological polar surface area (TPSA) is 35.5 Å². The average Bonchev–Trinajstić information content (AvgIpc) is 2.28. The van der Waals surface area contributed by atoms with Crippen LogP contribution in [0, 0.1) is 0 Å². The van der Waals surface area contributed by atoms with Crippen LogP contribution in [0.3, 0.4) is 0 Å². The molecule has 0 aromatic heterocycles. The molecule has 0 amide bonds. The molecule has 0 bridgehead atoms. The smallest absolute Gasteiger partial charge is 0.312 e. The van der Waals surface area contributed by atoms with E-state index in [0.717, 1.165) is 11.1 Å². The molecule has 0 saturated carbocycles. The predicted octanol–water partition coefficient (Wildman–Crippen LogP) is 2.11. The lowest BCUT2D eigenvalue weighted by Crippen LogP contribution is -2.10. The molecule has 1 rings (SSSR count). The summed E-state index contributed by atoms with van der Waals surface area (Å²) in [7, 11) is 3.06. The standard InChI is InChI=1S/C12H16O3/c1-9(12(13)15-3)11-6-4-10(5-7-11)8-14-2/h4-7,9H,8H2,1-3H3. The van der Waals surface area contributed by atoms with E-state index in [0.29, 0.717) is 6.61 Å². The lowest BCUT2D eigenvalue weighted by atomic mass is 10.0. The lowest BCUT2D eigenvalue weighted by molar-refractivity contribution is -0.141. The van der Waals surface area contributed by atoms with Gasteiger partial charge in [-0.1, -0.05) is 24.3 Å². The van der Waals surface area contributed by atoms with Crippen molar-refractivity contribution in [2.24, 2.45) is 0 Å². The fourth-order valence-corrected chi connectivity index (χ4v) is 1.38. The van der Waals surface area contributed by atoms with E-state index in [9.17, 15) is 4.79 Å². The highest BCUT2D eigenvalue weighted by Crippen LogP contribution is 2.17. The van der Waals surface area contributed by atoms with E-state index in [4.69, 9.17) is 4.74 Å². The van der Waals surface area contributed by atoms with E-state index in [-0.39, 0.29) is 11.9 Å². The van der Waals surface area contributed by atoms with Gasteiger partial charge in [-0.15, -0.1) is 0 Å². The van der Waals surface area contributed by atoms with Crippen molar-refractivity contribution < 1.29 is 14.3 Å². The molecule has 3 heteroatoms. The lowest BCUT2D eigenvalue weighted by Gasteiger charge is -2.09. The Labute approximate surface area is 90.0 Å². The molecule has 0 aliphatic heterocycles. The monoisotopic (exact) mass is 208 g/mol. The first-order valence-electron chi connectivity index (χ1n) is 4.84. The van der Waals surface area contributed by atoms with Crippen LogP contribution in [0.5, 0.6) is 0 Å². The van der Waals surface area contributed by atoms with Crippen LogP contribution in [0.1, 0.15) is 24.0 Å². The summed E-state index contributed by atoms with van der Waals surface area (Å²) in [4.78, 5) is 11.3. The fraction of sp³-hybridized carbons (Fsp3) is 0.417. The second kappa shape index (κ2) is 5.51. The van der Waals surface area contributed by atoms with Gasteiger partial charge < -0.3 is 9.47 Å². The molecule has 1 aromatic carbocycles. The second-order valence-electron chi connectivity index (χ2n) is 3.42. The van der Waals surface area contributed by atoms with Gasteiger partial charge >= 0.3 is 5.97 Å². The Hall–Kier alpha value is -1.35. The van der Waals surface area contributed by atoms with Crippen molar-refractivity contribution in [1.82, 2.24) is 0 Å². The summed E-state index contributed by atoms with van der Waals surface area (Å²) in [5, 5.41) is 0. The van der Waals surface area contributed by atoms with Gasteiger partial charge in [0.25, 0.3) is 0 Å². The molecule has 3 nitrogen and oxygen atoms in total. The molecule has 1 atom stereocenters. The average molecular weight is 208 g/mol. The summed E-state index contributed by atoms with van der Waals surface area (Å²) in [6.45, 7) is 2.42. The minimum atomic E-state index is -0.216. The third-order valence-electron chi connectivity index (χ3n) is 2.35. The van der Waals surface area contributed by atoms with Crippen molar-refractivity contribution in [3.8, 4) is 0 Å². The quantitative estimate of drug-likeness (QED) is 0.711. The van der Waals surface area contributed by atoms with Gasteiger partial charge in [0.1, 0.15) is 0 Å². The van der Waals surface area contributed by atoms with Gasteiger partial charge in [-0.3, -0.25) is 4.79 Å². The normalized spacial score (nSPS) is 12.2. The molecule has 82 valence electrons. The number of ether oxygens (including phenoxy) is 2. The first-order chi connectivity index (χ1) is 7.19. The zero-order valence-corrected chi connectivity index (χ0v) is 9.32. The molecular weight excluding hydrogens is 192 g/mol. The Balaban J connectivity index is 2.75. The molecule has 0 radical (unpaired) electrons. The van der Waals surface area contributed by atoms with Crippen LogP contribution in [0.4, 0.5) is 0 Å². The first kappa shape index (κ1) is 11.7. The van der Waals surface area contributed by atoms with E-state index in [2.05, 4.69) is 4.74 Å². The van der Waals surface area contributed by atoms with Crippen LogP contribution in [0.15, 0.2) is 24.3 Å². The maximum atomic E-state index is 11.3. The van der Waals surface area contributed by atoms with Gasteiger partial charge in [0, 0.05) is 7.11 Å². The molecule has 0 spiro atoms. The zero-order valence-electron chi connectivity index (χ0n) is 9.32. The van der Waals surface area contributed by atoms with Crippen LogP contribution >= 0.6 is 0 Å². The number of hydrogen-bond donors (Lipinski definition) is 0. The molecule has 15 heavy (non-hydrogen) atoms. The van der Waals surface area contributed by atoms with Crippen molar-refractivity contribution >= 4 is 5.97 Å². The summed E-state index contributed by atoms with van der Waals surface area (Å²) < 4.78 is 9.69. The van der Waals surface area contributed by atoms with E-state index >= 15 is 0 Å². The molecule has 0 heterocycles. The molecule has 0 saturated heterocycles. The highest BCUT2D eigenvalue weighted by atomic mass is 16.5. The van der Waals surface area contributed by atoms with Crippen LogP contribution in [0.25, 0.3) is 0 Å². The van der Waals surface area contributed by atoms with Crippen LogP contribution < -0.4 is 0 Å². The Morgan fingerprint density at radius 2 is 1.87 bits per heavy atom. The zero-order chi connectivity index (χ0) is 11.3. The highest BCUT2D eigenvalue weighted by molar-refractivity contribution is 5.77. The molecule has 0 N–H and O–H groups in total. The Morgan fingerprint density at radius 3 is 2.33 bits per heavy atom. The minimum absolute atomic E-state index is 0.213. The van der Waals surface area contributed by atoms with Gasteiger partial charge in [-0.2, -0.15) is 0 Å². The predicted molar refractivity (Wildman–Crippen MR) is 57.6 cm³/mol. The number of hydrogen-bond acceptors (Lipinski definition) is 3. The van der Waals surface area contributed by atoms with E-state index in [1.807, 2.05) is 31.2 Å². The van der Waals surface area contributed by atoms with Gasteiger partial charge in [0.15, 0.2) is 0 Å². The Bertz CT molecular complexity index is 316. The van der Waals surface area contributed by atoms with Crippen molar-refractivity contribution in [1.29, 1.82) is 0 Å². The first-order valence-corrected chi connectivity index (χ1v) is 4.84. The van der Waals surface area contributed by atoms with Crippen molar-refractivity contribution in [3.63, 3.8) is 0 Å². The van der Waals surface area contributed by atoms with E-state index < -0.39 is 0 Å². The number of rotatable bonds is 4. The molecule has 1 aromatic rings. The minimum Gasteiger partial charge on any atom is -0.469 e. The van der Waals surface area contributed by atoms with Gasteiger partial charge in [-0.25, -0.2) is 0 Å². The summed E-state index contributed by atoms with van der Waals surface area (Å²) in [5.74, 6) is -0.430. The van der Waals surface area contributed by atoms with Crippen LogP contribution in [0.2, 0.25) is 0 Å². The summed E-state index contributed by atoms with van der Waals surface area (Å²) in [6, 6.07) is 7.77. The van der Waals surface area contributed by atoms with Gasteiger partial charge in [0.05, 0.1) is 19.6 Å². The van der Waals surface area contributed by atoms with Crippen LogP contribution in [-0.2, 0) is 20.9 Å². The third kappa shape index (κ3) is 3.06.